The number of pyridine rings is 1. The predicted molar refractivity (Wildman–Crippen MR) is 140 cm³/mol. The maximum absolute atomic E-state index is 14.6. The van der Waals surface area contributed by atoms with Gasteiger partial charge in [-0.2, -0.15) is 0 Å². The second kappa shape index (κ2) is 11.6. The smallest absolute Gasteiger partial charge is 0.320 e. The van der Waals surface area contributed by atoms with Crippen LogP contribution in [0.5, 0.6) is 5.75 Å². The molecule has 0 radical (unpaired) electrons. The van der Waals surface area contributed by atoms with Gasteiger partial charge in [0.1, 0.15) is 17.4 Å². The number of nitrogens with two attached hydrogens (primary N) is 1. The average molecular weight is 569 g/mol. The summed E-state index contributed by atoms with van der Waals surface area (Å²) >= 11 is 3.29. The Hall–Kier alpha value is -3.63. The minimum Gasteiger partial charge on any atom is -0.484 e. The van der Waals surface area contributed by atoms with Crippen LogP contribution in [-0.4, -0.2) is 35.2 Å². The first kappa shape index (κ1) is 26.4. The van der Waals surface area contributed by atoms with E-state index < -0.39 is 11.8 Å². The van der Waals surface area contributed by atoms with Gasteiger partial charge in [-0.1, -0.05) is 25.1 Å². The summed E-state index contributed by atoms with van der Waals surface area (Å²) in [5, 5.41) is 5.48. The van der Waals surface area contributed by atoms with Gasteiger partial charge in [0.2, 0.25) is 0 Å². The van der Waals surface area contributed by atoms with Gasteiger partial charge < -0.3 is 15.8 Å². The number of carbonyl (C=O) groups is 3. The SMILES string of the molecule is CCC(=O)c1cc(F)cc([C@@H]2C[C@@H]2NC(=O)Nc2ccc(Br)cn2)c1OCC(=O)c1cccc(CN)c1. The zero-order valence-electron chi connectivity index (χ0n) is 20.1. The van der Waals surface area contributed by atoms with Crippen molar-refractivity contribution in [2.24, 2.45) is 5.73 Å². The summed E-state index contributed by atoms with van der Waals surface area (Å²) in [6.07, 6.45) is 2.22. The molecule has 4 N–H and O–H groups in total. The molecule has 2 atom stereocenters. The summed E-state index contributed by atoms with van der Waals surface area (Å²) in [7, 11) is 0. The Morgan fingerprint density at radius 3 is 2.68 bits per heavy atom. The van der Waals surface area contributed by atoms with Gasteiger partial charge >= 0.3 is 6.03 Å². The number of urea groups is 1. The molecule has 8 nitrogen and oxygen atoms in total. The summed E-state index contributed by atoms with van der Waals surface area (Å²) in [4.78, 5) is 42.0. The van der Waals surface area contributed by atoms with Crippen LogP contribution in [0.1, 0.15) is 57.5 Å². The molecule has 1 saturated carbocycles. The number of ether oxygens (including phenoxy) is 1. The van der Waals surface area contributed by atoms with Crippen LogP contribution in [0.2, 0.25) is 0 Å². The van der Waals surface area contributed by atoms with E-state index in [2.05, 4.69) is 31.5 Å². The number of hydrogen-bond acceptors (Lipinski definition) is 6. The van der Waals surface area contributed by atoms with Crippen molar-refractivity contribution < 1.29 is 23.5 Å². The molecule has 1 aromatic heterocycles. The van der Waals surface area contributed by atoms with Crippen molar-refractivity contribution in [3.05, 3.63) is 87.3 Å². The molecule has 1 heterocycles. The second-order valence-electron chi connectivity index (χ2n) is 8.67. The lowest BCUT2D eigenvalue weighted by atomic mass is 10.00. The fourth-order valence-electron chi connectivity index (χ4n) is 4.01. The number of hydrogen-bond donors (Lipinski definition) is 3. The van der Waals surface area contributed by atoms with Crippen molar-refractivity contribution >= 4 is 39.3 Å². The Kier molecular flexibility index (Phi) is 8.30. The molecule has 2 amide bonds. The van der Waals surface area contributed by atoms with Crippen LogP contribution in [0, 0.1) is 5.82 Å². The number of benzene rings is 2. The number of halogens is 2. The third-order valence-corrected chi connectivity index (χ3v) is 6.48. The quantitative estimate of drug-likeness (QED) is 0.296. The van der Waals surface area contributed by atoms with E-state index in [4.69, 9.17) is 10.5 Å². The first-order valence-corrected chi connectivity index (χ1v) is 12.6. The lowest BCUT2D eigenvalue weighted by Gasteiger charge is -2.16. The van der Waals surface area contributed by atoms with Crippen molar-refractivity contribution in [2.45, 2.75) is 38.3 Å². The number of nitrogens with zero attached hydrogens (tertiary/aromatic N) is 1. The maximum Gasteiger partial charge on any atom is 0.320 e. The van der Waals surface area contributed by atoms with Gasteiger partial charge in [0.15, 0.2) is 18.2 Å². The molecule has 10 heteroatoms. The summed E-state index contributed by atoms with van der Waals surface area (Å²) < 4.78 is 21.2. The lowest BCUT2D eigenvalue weighted by molar-refractivity contribution is 0.0909. The fourth-order valence-corrected chi connectivity index (χ4v) is 4.24. The van der Waals surface area contributed by atoms with Crippen LogP contribution in [0.3, 0.4) is 0 Å². The Morgan fingerprint density at radius 1 is 1.16 bits per heavy atom. The molecule has 3 aromatic rings. The number of rotatable bonds is 10. The highest BCUT2D eigenvalue weighted by atomic mass is 79.9. The highest BCUT2D eigenvalue weighted by molar-refractivity contribution is 9.10. The van der Waals surface area contributed by atoms with Gasteiger partial charge in [0.25, 0.3) is 0 Å². The van der Waals surface area contributed by atoms with Gasteiger partial charge in [-0.3, -0.25) is 14.9 Å². The Balaban J connectivity index is 1.51. The molecule has 0 saturated heterocycles. The molecule has 1 fully saturated rings. The lowest BCUT2D eigenvalue weighted by Crippen LogP contribution is -2.31. The number of amides is 2. The van der Waals surface area contributed by atoms with Gasteiger partial charge in [-0.05, 0) is 58.2 Å². The molecule has 1 aliphatic rings. The monoisotopic (exact) mass is 568 g/mol. The molecule has 37 heavy (non-hydrogen) atoms. The third kappa shape index (κ3) is 6.58. The highest BCUT2D eigenvalue weighted by Gasteiger charge is 2.42. The van der Waals surface area contributed by atoms with Crippen LogP contribution in [0.15, 0.2) is 59.2 Å². The predicted octanol–water partition coefficient (Wildman–Crippen LogP) is 4.97. The van der Waals surface area contributed by atoms with E-state index in [1.165, 1.54) is 6.07 Å². The zero-order chi connectivity index (χ0) is 26.5. The highest BCUT2D eigenvalue weighted by Crippen LogP contribution is 2.46. The number of ketones is 2. The zero-order valence-corrected chi connectivity index (χ0v) is 21.7. The minimum atomic E-state index is -0.588. The number of Topliss-reactive ketones (excluding diaryl/α,β-unsaturated/α-hetero) is 2. The average Bonchev–Trinajstić information content (AvgIpc) is 3.66. The largest absolute Gasteiger partial charge is 0.484 e. The van der Waals surface area contributed by atoms with Crippen LogP contribution < -0.4 is 21.1 Å². The molecule has 4 rings (SSSR count). The van der Waals surface area contributed by atoms with Crippen molar-refractivity contribution in [1.29, 1.82) is 0 Å². The standard InChI is InChI=1S/C27H26BrFN4O4/c1-2-23(34)21-10-18(29)9-20(26(21)37-14-24(35)16-5-3-4-15(8-16)12-30)19-11-22(19)32-27(36)33-25-7-6-17(28)13-31-25/h3-10,13,19,22H,2,11-12,14,30H2,1H3,(H2,31,32,33,36)/t19-,22-/m0/s1. The van der Waals surface area contributed by atoms with Crippen molar-refractivity contribution in [1.82, 2.24) is 10.3 Å². The van der Waals surface area contributed by atoms with Gasteiger partial charge in [0, 0.05) is 46.7 Å². The Labute approximate surface area is 221 Å². The first-order valence-electron chi connectivity index (χ1n) is 11.8. The number of carbonyl (C=O) groups excluding carboxylic acids is 3. The molecular weight excluding hydrogens is 543 g/mol. The number of anilines is 1. The van der Waals surface area contributed by atoms with Crippen molar-refractivity contribution in [2.75, 3.05) is 11.9 Å². The summed E-state index contributed by atoms with van der Waals surface area (Å²) in [5.74, 6) is -0.935. The molecular formula is C27H26BrFN4O4. The van der Waals surface area contributed by atoms with Crippen LogP contribution in [0.25, 0.3) is 0 Å². The third-order valence-electron chi connectivity index (χ3n) is 6.01. The van der Waals surface area contributed by atoms with E-state index in [0.29, 0.717) is 29.9 Å². The maximum atomic E-state index is 14.6. The van der Waals surface area contributed by atoms with E-state index in [9.17, 15) is 18.8 Å². The molecule has 0 bridgehead atoms. The normalized spacial score (nSPS) is 16.1. The number of aromatic nitrogens is 1. The molecule has 1 aliphatic carbocycles. The van der Waals surface area contributed by atoms with Crippen LogP contribution >= 0.6 is 15.9 Å². The van der Waals surface area contributed by atoms with E-state index in [1.807, 2.05) is 6.07 Å². The van der Waals surface area contributed by atoms with Crippen LogP contribution in [-0.2, 0) is 6.54 Å². The van der Waals surface area contributed by atoms with Gasteiger partial charge in [-0.15, -0.1) is 0 Å². The topological polar surface area (TPSA) is 123 Å². The fraction of sp³-hybridized carbons (Fsp3) is 0.259. The summed E-state index contributed by atoms with van der Waals surface area (Å²) in [5.41, 5.74) is 7.42. The molecule has 0 spiro atoms. The molecule has 192 valence electrons. The second-order valence-corrected chi connectivity index (χ2v) is 9.59. The van der Waals surface area contributed by atoms with E-state index in [1.54, 1.807) is 43.5 Å². The summed E-state index contributed by atoms with van der Waals surface area (Å²) in [6, 6.07) is 12.0. The summed E-state index contributed by atoms with van der Waals surface area (Å²) in [6.45, 7) is 1.63. The van der Waals surface area contributed by atoms with Gasteiger partial charge in [0.05, 0.1) is 5.56 Å². The van der Waals surface area contributed by atoms with E-state index >= 15 is 0 Å². The van der Waals surface area contributed by atoms with Crippen LogP contribution in [0.4, 0.5) is 15.0 Å². The first-order chi connectivity index (χ1) is 17.8. The molecule has 0 aliphatic heterocycles. The van der Waals surface area contributed by atoms with E-state index in [0.717, 1.165) is 16.1 Å². The van der Waals surface area contributed by atoms with Crippen molar-refractivity contribution in [3.8, 4) is 5.75 Å². The molecule has 2 aromatic carbocycles. The Bertz CT molecular complexity index is 1330. The Morgan fingerprint density at radius 2 is 1.97 bits per heavy atom. The van der Waals surface area contributed by atoms with Crippen molar-refractivity contribution in [3.63, 3.8) is 0 Å². The minimum absolute atomic E-state index is 0.0789. The number of nitrogens with one attached hydrogen (secondary N) is 2. The van der Waals surface area contributed by atoms with Gasteiger partial charge in [-0.25, -0.2) is 14.2 Å². The van der Waals surface area contributed by atoms with E-state index in [-0.39, 0.29) is 47.9 Å². The molecule has 0 unspecified atom stereocenters.